The number of hydrogen-bond acceptors (Lipinski definition) is 14. The summed E-state index contributed by atoms with van der Waals surface area (Å²) < 4.78 is 50.7. The van der Waals surface area contributed by atoms with Gasteiger partial charge in [0.15, 0.2) is 0 Å². The van der Waals surface area contributed by atoms with Gasteiger partial charge in [-0.2, -0.15) is 0 Å². The van der Waals surface area contributed by atoms with Gasteiger partial charge < -0.3 is 37.9 Å². The van der Waals surface area contributed by atoms with Crippen LogP contribution < -0.4 is 16.4 Å². The zero-order valence-electron chi connectivity index (χ0n) is 42.8. The number of imide groups is 1. The molecule has 2 fully saturated rings. The van der Waals surface area contributed by atoms with Gasteiger partial charge in [0, 0.05) is 0 Å². The lowest BCUT2D eigenvalue weighted by molar-refractivity contribution is -0.273. The molecular weight excluding hydrogens is 923 g/mol. The maximum atomic E-state index is 14.9. The smallest absolute Gasteiger partial charge is 0.423 e. The van der Waals surface area contributed by atoms with Crippen LogP contribution in [0.2, 0.25) is 0 Å². The summed E-state index contributed by atoms with van der Waals surface area (Å²) in [4.78, 5) is 56.0. The molecule has 0 unspecified atom stereocenters. The number of carbonyl (C=O) groups excluding carboxylic acids is 4. The predicted octanol–water partition coefficient (Wildman–Crippen LogP) is 8.96. The maximum Gasteiger partial charge on any atom is 0.423 e. The summed E-state index contributed by atoms with van der Waals surface area (Å²) in [6.45, 7) is 15.1. The third-order valence-corrected chi connectivity index (χ3v) is 11.7. The van der Waals surface area contributed by atoms with Gasteiger partial charge in [-0.25, -0.2) is 30.1 Å². The highest BCUT2D eigenvalue weighted by atomic mass is 16.6. The minimum atomic E-state index is -1.34. The van der Waals surface area contributed by atoms with E-state index >= 15 is 0 Å². The number of hydrogen-bond donors (Lipinski definition) is 3. The lowest BCUT2D eigenvalue weighted by atomic mass is 9.90. The Balaban J connectivity index is 1.36. The molecule has 17 nitrogen and oxygen atoms in total. The summed E-state index contributed by atoms with van der Waals surface area (Å²) in [5, 5.41) is 1.02. The van der Waals surface area contributed by atoms with E-state index in [0.717, 1.165) is 32.3 Å². The summed E-state index contributed by atoms with van der Waals surface area (Å²) in [6.07, 6.45) is -5.57. The van der Waals surface area contributed by atoms with Crippen LogP contribution in [-0.4, -0.2) is 101 Å². The molecular formula is C55H73N5O12. The molecule has 2 aliphatic heterocycles. The Labute approximate surface area is 424 Å². The summed E-state index contributed by atoms with van der Waals surface area (Å²) in [5.41, 5.74) is 9.69. The van der Waals surface area contributed by atoms with Crippen LogP contribution in [0.4, 0.5) is 14.4 Å². The highest BCUT2D eigenvalue weighted by Gasteiger charge is 2.49. The number of rotatable bonds is 23. The highest BCUT2D eigenvalue weighted by molar-refractivity contribution is 5.96. The normalized spacial score (nSPS) is 20.8. The largest absolute Gasteiger partial charge is 0.447 e. The Bertz CT molecular complexity index is 2280. The molecule has 0 radical (unpaired) electrons. The van der Waals surface area contributed by atoms with E-state index < -0.39 is 78.0 Å². The molecule has 17 heteroatoms. The minimum absolute atomic E-state index is 0.00383. The molecule has 7 atom stereocenters. The topological polar surface area (TPSA) is 185 Å². The van der Waals surface area contributed by atoms with Gasteiger partial charge in [-0.1, -0.05) is 135 Å². The van der Waals surface area contributed by atoms with Crippen LogP contribution >= 0.6 is 0 Å². The van der Waals surface area contributed by atoms with Crippen molar-refractivity contribution in [1.29, 1.82) is 0 Å². The van der Waals surface area contributed by atoms with Crippen LogP contribution in [0.15, 0.2) is 121 Å². The first-order valence-corrected chi connectivity index (χ1v) is 24.7. The van der Waals surface area contributed by atoms with Crippen molar-refractivity contribution in [2.24, 2.45) is 5.92 Å². The zero-order chi connectivity index (χ0) is 51.7. The van der Waals surface area contributed by atoms with E-state index in [1.54, 1.807) is 41.5 Å². The molecule has 2 heterocycles. The molecule has 72 heavy (non-hydrogen) atoms. The molecule has 0 aromatic heterocycles. The standard InChI is InChI=1S/C55H73N5O12/c1-38(2)44-36-69-53(64)59(44)50(61)43(60(57-52(63)72-55(6,7)8)58-56-51(62)71-54(3,4)5)30-21-31-45-47(66-33-40-24-15-10-16-25-40)49(68-35-42-28-19-12-20-29-42)48(67-34-41-26-17-11-18-27-41)46(70-45)37-65-32-39-22-13-9-14-23-39/h9-20,22-29,38,43-49,58H,21,30-37H2,1-8H3,(H,56,62)(H,57,63)/t43-,44+,45+,46+,47-,48-,49+/m0/s1. The van der Waals surface area contributed by atoms with Crippen molar-refractivity contribution in [2.45, 2.75) is 155 Å². The lowest BCUT2D eigenvalue weighted by Gasteiger charge is -2.46. The molecule has 4 aromatic carbocycles. The van der Waals surface area contributed by atoms with Crippen LogP contribution in [0, 0.1) is 5.92 Å². The van der Waals surface area contributed by atoms with Crippen LogP contribution in [0.5, 0.6) is 0 Å². The van der Waals surface area contributed by atoms with Gasteiger partial charge in [0.1, 0.15) is 48.3 Å². The quantitative estimate of drug-likeness (QED) is 0.0473. The van der Waals surface area contributed by atoms with Gasteiger partial charge in [-0.3, -0.25) is 4.79 Å². The van der Waals surface area contributed by atoms with E-state index in [4.69, 9.17) is 37.9 Å². The predicted molar refractivity (Wildman–Crippen MR) is 268 cm³/mol. The molecule has 2 saturated heterocycles. The van der Waals surface area contributed by atoms with Crippen LogP contribution in [0.25, 0.3) is 0 Å². The van der Waals surface area contributed by atoms with E-state index in [0.29, 0.717) is 6.61 Å². The summed E-state index contributed by atoms with van der Waals surface area (Å²) in [5.74, 6) is -0.872. The van der Waals surface area contributed by atoms with Crippen molar-refractivity contribution in [3.63, 3.8) is 0 Å². The first-order valence-electron chi connectivity index (χ1n) is 24.7. The number of amides is 4. The molecule has 4 amide bonds. The second kappa shape index (κ2) is 26.7. The Hall–Kier alpha value is -5.92. The van der Waals surface area contributed by atoms with Crippen LogP contribution in [-0.2, 0) is 69.1 Å². The first kappa shape index (κ1) is 55.4. The van der Waals surface area contributed by atoms with Crippen LogP contribution in [0.1, 0.15) is 96.9 Å². The molecule has 0 bridgehead atoms. The Kier molecular flexibility index (Phi) is 20.5. The molecule has 0 aliphatic carbocycles. The van der Waals surface area contributed by atoms with E-state index in [2.05, 4.69) is 16.4 Å². The SMILES string of the molecule is CC(C)[C@H]1COC(=O)N1C(=O)[C@H](CCC[C@H]1O[C@H](COCc2ccccc2)[C@H](OCc2ccccc2)[C@H](OCc2ccccc2)[C@H]1OCc1ccccc1)N(NNC(=O)OC(C)(C)C)NC(=O)OC(C)(C)C. The molecule has 0 saturated carbocycles. The second-order valence-electron chi connectivity index (χ2n) is 20.3. The fourth-order valence-corrected chi connectivity index (χ4v) is 8.33. The minimum Gasteiger partial charge on any atom is -0.447 e. The number of hydrazine groups is 3. The van der Waals surface area contributed by atoms with E-state index in [-0.39, 0.29) is 58.2 Å². The molecule has 6 rings (SSSR count). The Morgan fingerprint density at radius 3 is 1.60 bits per heavy atom. The van der Waals surface area contributed by atoms with Gasteiger partial charge in [-0.15, -0.1) is 10.7 Å². The number of nitrogens with one attached hydrogen (secondary N) is 3. The van der Waals surface area contributed by atoms with E-state index in [1.165, 1.54) is 0 Å². The number of ether oxygens (including phenoxy) is 8. The number of cyclic esters (lactones) is 1. The average Bonchev–Trinajstić information content (AvgIpc) is 3.74. The highest BCUT2D eigenvalue weighted by Crippen LogP contribution is 2.34. The summed E-state index contributed by atoms with van der Waals surface area (Å²) >= 11 is 0. The fraction of sp³-hybridized carbons (Fsp3) is 0.491. The molecule has 0 spiro atoms. The Morgan fingerprint density at radius 2 is 1.11 bits per heavy atom. The molecule has 3 N–H and O–H groups in total. The van der Waals surface area contributed by atoms with Crippen LogP contribution in [0.3, 0.4) is 0 Å². The van der Waals surface area contributed by atoms with Crippen molar-refractivity contribution in [2.75, 3.05) is 13.2 Å². The average molecular weight is 996 g/mol. The fourth-order valence-electron chi connectivity index (χ4n) is 8.33. The van der Waals surface area contributed by atoms with Gasteiger partial charge in [0.05, 0.1) is 45.2 Å². The van der Waals surface area contributed by atoms with Crippen molar-refractivity contribution < 1.29 is 57.1 Å². The van der Waals surface area contributed by atoms with Crippen molar-refractivity contribution in [3.05, 3.63) is 144 Å². The van der Waals surface area contributed by atoms with Gasteiger partial charge >= 0.3 is 18.3 Å². The monoisotopic (exact) mass is 996 g/mol. The summed E-state index contributed by atoms with van der Waals surface area (Å²) in [7, 11) is 0. The summed E-state index contributed by atoms with van der Waals surface area (Å²) in [6, 6.07) is 37.4. The molecule has 2 aliphatic rings. The van der Waals surface area contributed by atoms with Crippen molar-refractivity contribution in [3.8, 4) is 0 Å². The molecule has 4 aromatic rings. The maximum absolute atomic E-state index is 14.9. The second-order valence-corrected chi connectivity index (χ2v) is 20.3. The third kappa shape index (κ3) is 17.4. The van der Waals surface area contributed by atoms with Gasteiger partial charge in [-0.05, 0) is 89.0 Å². The van der Waals surface area contributed by atoms with Gasteiger partial charge in [0.2, 0.25) is 0 Å². The number of benzene rings is 4. The Morgan fingerprint density at radius 1 is 0.653 bits per heavy atom. The zero-order valence-corrected chi connectivity index (χ0v) is 42.8. The molecule has 390 valence electrons. The van der Waals surface area contributed by atoms with Gasteiger partial charge in [0.25, 0.3) is 5.91 Å². The van der Waals surface area contributed by atoms with Crippen molar-refractivity contribution >= 4 is 24.2 Å². The first-order chi connectivity index (χ1) is 34.4. The van der Waals surface area contributed by atoms with Crippen molar-refractivity contribution in [1.82, 2.24) is 26.4 Å². The third-order valence-electron chi connectivity index (χ3n) is 11.7. The lowest BCUT2D eigenvalue weighted by Crippen LogP contribution is -2.66. The number of nitrogens with zero attached hydrogens (tertiary/aromatic N) is 2. The van der Waals surface area contributed by atoms with E-state index in [9.17, 15) is 19.2 Å². The number of carbonyl (C=O) groups is 4. The van der Waals surface area contributed by atoms with E-state index in [1.807, 2.05) is 135 Å².